The zero-order valence-electron chi connectivity index (χ0n) is 17.3. The quantitative estimate of drug-likeness (QED) is 0.497. The molecule has 2 aromatic carbocycles. The fourth-order valence-electron chi connectivity index (χ4n) is 3.17. The molecule has 1 unspecified atom stereocenters. The monoisotopic (exact) mass is 368 g/mol. The van der Waals surface area contributed by atoms with Gasteiger partial charge in [-0.1, -0.05) is 57.5 Å². The van der Waals surface area contributed by atoms with Crippen molar-refractivity contribution >= 4 is 17.3 Å². The van der Waals surface area contributed by atoms with Crippen molar-refractivity contribution in [1.82, 2.24) is 0 Å². The number of carbonyl (C=O) groups excluding carboxylic acids is 1. The van der Waals surface area contributed by atoms with E-state index in [2.05, 4.69) is 33.0 Å². The molecule has 0 bridgehead atoms. The number of rotatable bonds is 7. The summed E-state index contributed by atoms with van der Waals surface area (Å²) >= 11 is 0. The van der Waals surface area contributed by atoms with Crippen LogP contribution in [-0.4, -0.2) is 12.6 Å². The molecule has 0 saturated heterocycles. The van der Waals surface area contributed by atoms with Crippen molar-refractivity contribution in [2.45, 2.75) is 59.4 Å². The molecule has 27 heavy (non-hydrogen) atoms. The lowest BCUT2D eigenvalue weighted by atomic mass is 9.88. The normalized spacial score (nSPS) is 12.3. The first-order chi connectivity index (χ1) is 12.7. The van der Waals surface area contributed by atoms with Gasteiger partial charge in [0.05, 0.1) is 6.61 Å². The van der Waals surface area contributed by atoms with Crippen LogP contribution in [0, 0.1) is 6.92 Å². The lowest BCUT2D eigenvalue weighted by molar-refractivity contribution is -0.144. The molecule has 0 spiro atoms. The number of ether oxygens (including phenoxy) is 1. The van der Waals surface area contributed by atoms with E-state index in [4.69, 9.17) is 10.5 Å². The molecule has 0 saturated carbocycles. The molecule has 146 valence electrons. The van der Waals surface area contributed by atoms with Crippen molar-refractivity contribution in [2.24, 2.45) is 0 Å². The number of anilines is 2. The highest BCUT2D eigenvalue weighted by Gasteiger charge is 2.25. The molecule has 0 radical (unpaired) electrons. The van der Waals surface area contributed by atoms with Gasteiger partial charge in [0.15, 0.2) is 6.04 Å². The maximum Gasteiger partial charge on any atom is 0.333 e. The summed E-state index contributed by atoms with van der Waals surface area (Å²) in [4.78, 5) is 12.7. The number of benzene rings is 2. The SMILES string of the molecule is CCOC(=O)C(Nc1ccc(C)cc1)c1cc(C(C)C)c(N)c(C(C)C)c1. The Labute approximate surface area is 163 Å². The summed E-state index contributed by atoms with van der Waals surface area (Å²) < 4.78 is 5.35. The van der Waals surface area contributed by atoms with Gasteiger partial charge in [-0.2, -0.15) is 0 Å². The minimum atomic E-state index is -0.580. The van der Waals surface area contributed by atoms with Crippen LogP contribution in [0.1, 0.15) is 74.8 Å². The molecular weight excluding hydrogens is 336 g/mol. The first-order valence-electron chi connectivity index (χ1n) is 9.67. The molecule has 1 atom stereocenters. The predicted octanol–water partition coefficient (Wildman–Crippen LogP) is 5.54. The molecule has 0 aliphatic carbocycles. The molecule has 2 aromatic rings. The summed E-state index contributed by atoms with van der Waals surface area (Å²) in [7, 11) is 0. The summed E-state index contributed by atoms with van der Waals surface area (Å²) in [5.41, 5.74) is 12.3. The summed E-state index contributed by atoms with van der Waals surface area (Å²) in [6, 6.07) is 11.5. The Morgan fingerprint density at radius 3 is 2.00 bits per heavy atom. The number of hydrogen-bond donors (Lipinski definition) is 2. The van der Waals surface area contributed by atoms with Gasteiger partial charge in [0, 0.05) is 11.4 Å². The van der Waals surface area contributed by atoms with Crippen LogP contribution in [0.5, 0.6) is 0 Å². The number of carbonyl (C=O) groups is 1. The number of nitrogens with two attached hydrogens (primary N) is 1. The van der Waals surface area contributed by atoms with E-state index in [9.17, 15) is 4.79 Å². The highest BCUT2D eigenvalue weighted by atomic mass is 16.5. The fraction of sp³-hybridized carbons (Fsp3) is 0.435. The molecule has 3 N–H and O–H groups in total. The Morgan fingerprint density at radius 2 is 1.56 bits per heavy atom. The molecule has 0 heterocycles. The van der Waals surface area contributed by atoms with E-state index in [1.54, 1.807) is 0 Å². The maximum atomic E-state index is 12.7. The zero-order chi connectivity index (χ0) is 20.1. The Kier molecular flexibility index (Phi) is 6.89. The summed E-state index contributed by atoms with van der Waals surface area (Å²) in [5, 5.41) is 3.34. The van der Waals surface area contributed by atoms with Gasteiger partial charge in [-0.3, -0.25) is 0 Å². The Morgan fingerprint density at radius 1 is 1.04 bits per heavy atom. The van der Waals surface area contributed by atoms with Gasteiger partial charge in [0.25, 0.3) is 0 Å². The largest absolute Gasteiger partial charge is 0.464 e. The van der Waals surface area contributed by atoms with E-state index >= 15 is 0 Å². The molecular formula is C23H32N2O2. The summed E-state index contributed by atoms with van der Waals surface area (Å²) in [6.07, 6.45) is 0. The fourth-order valence-corrected chi connectivity index (χ4v) is 3.17. The van der Waals surface area contributed by atoms with Crippen molar-refractivity contribution in [3.8, 4) is 0 Å². The number of nitrogens with one attached hydrogen (secondary N) is 1. The second-order valence-electron chi connectivity index (χ2n) is 7.62. The zero-order valence-corrected chi connectivity index (χ0v) is 17.3. The summed E-state index contributed by atoms with van der Waals surface area (Å²) in [5.74, 6) is 0.251. The van der Waals surface area contributed by atoms with Gasteiger partial charge < -0.3 is 15.8 Å². The van der Waals surface area contributed by atoms with Crippen molar-refractivity contribution in [3.05, 3.63) is 58.7 Å². The Bertz CT molecular complexity index is 750. The van der Waals surface area contributed by atoms with Crippen molar-refractivity contribution in [3.63, 3.8) is 0 Å². The van der Waals surface area contributed by atoms with Gasteiger partial charge in [-0.15, -0.1) is 0 Å². The number of aryl methyl sites for hydroxylation is 1. The first kappa shape index (κ1) is 20.8. The van der Waals surface area contributed by atoms with Crippen LogP contribution in [0.25, 0.3) is 0 Å². The van der Waals surface area contributed by atoms with Crippen LogP contribution in [-0.2, 0) is 9.53 Å². The van der Waals surface area contributed by atoms with Crippen molar-refractivity contribution < 1.29 is 9.53 Å². The maximum absolute atomic E-state index is 12.7. The van der Waals surface area contributed by atoms with Crippen LogP contribution in [0.15, 0.2) is 36.4 Å². The predicted molar refractivity (Wildman–Crippen MR) is 113 cm³/mol. The molecule has 0 fully saturated rings. The molecule has 4 heteroatoms. The molecule has 2 rings (SSSR count). The van der Waals surface area contributed by atoms with E-state index < -0.39 is 6.04 Å². The standard InChI is InChI=1S/C23H32N2O2/c1-7-27-23(26)22(25-18-10-8-16(6)9-11-18)17-12-19(14(2)3)21(24)20(13-17)15(4)5/h8-15,22,25H,7,24H2,1-6H3. The van der Waals surface area contributed by atoms with E-state index in [0.29, 0.717) is 6.61 Å². The molecule has 0 aliphatic heterocycles. The van der Waals surface area contributed by atoms with Crippen molar-refractivity contribution in [2.75, 3.05) is 17.7 Å². The van der Waals surface area contributed by atoms with E-state index in [0.717, 1.165) is 28.1 Å². The van der Waals surface area contributed by atoms with Crippen LogP contribution in [0.2, 0.25) is 0 Å². The Hall–Kier alpha value is -2.49. The van der Waals surface area contributed by atoms with Crippen LogP contribution in [0.4, 0.5) is 11.4 Å². The van der Waals surface area contributed by atoms with Gasteiger partial charge in [0.1, 0.15) is 0 Å². The van der Waals surface area contributed by atoms with Gasteiger partial charge in [-0.25, -0.2) is 4.79 Å². The molecule has 4 nitrogen and oxygen atoms in total. The highest BCUT2D eigenvalue weighted by molar-refractivity contribution is 5.82. The number of esters is 1. The Balaban J connectivity index is 2.53. The smallest absolute Gasteiger partial charge is 0.333 e. The average Bonchev–Trinajstić information content (AvgIpc) is 2.61. The third kappa shape index (κ3) is 5.03. The third-order valence-electron chi connectivity index (χ3n) is 4.73. The van der Waals surface area contributed by atoms with E-state index in [-0.39, 0.29) is 17.8 Å². The van der Waals surface area contributed by atoms with Gasteiger partial charge >= 0.3 is 5.97 Å². The highest BCUT2D eigenvalue weighted by Crippen LogP contribution is 2.34. The van der Waals surface area contributed by atoms with Crippen LogP contribution >= 0.6 is 0 Å². The topological polar surface area (TPSA) is 64.3 Å². The number of hydrogen-bond acceptors (Lipinski definition) is 4. The van der Waals surface area contributed by atoms with Gasteiger partial charge in [-0.05, 0) is 54.5 Å². The second-order valence-corrected chi connectivity index (χ2v) is 7.62. The van der Waals surface area contributed by atoms with E-state index in [1.807, 2.05) is 50.2 Å². The van der Waals surface area contributed by atoms with Crippen molar-refractivity contribution in [1.29, 1.82) is 0 Å². The van der Waals surface area contributed by atoms with Gasteiger partial charge in [0.2, 0.25) is 0 Å². The number of nitrogen functional groups attached to an aromatic ring is 1. The third-order valence-corrected chi connectivity index (χ3v) is 4.73. The minimum Gasteiger partial charge on any atom is -0.464 e. The molecule has 0 aromatic heterocycles. The summed E-state index contributed by atoms with van der Waals surface area (Å²) in [6.45, 7) is 12.7. The lowest BCUT2D eigenvalue weighted by Gasteiger charge is -2.24. The average molecular weight is 369 g/mol. The van der Waals surface area contributed by atoms with E-state index in [1.165, 1.54) is 5.56 Å². The lowest BCUT2D eigenvalue weighted by Crippen LogP contribution is -2.24. The van der Waals surface area contributed by atoms with Crippen LogP contribution < -0.4 is 11.1 Å². The second kappa shape index (κ2) is 8.94. The molecule has 0 amide bonds. The first-order valence-corrected chi connectivity index (χ1v) is 9.67. The minimum absolute atomic E-state index is 0.268. The van der Waals surface area contributed by atoms with Crippen LogP contribution in [0.3, 0.4) is 0 Å². The molecule has 0 aliphatic rings.